The van der Waals surface area contributed by atoms with Crippen molar-refractivity contribution in [2.75, 3.05) is 0 Å². The van der Waals surface area contributed by atoms with Gasteiger partial charge in [-0.2, -0.15) is 0 Å². The van der Waals surface area contributed by atoms with Gasteiger partial charge in [0.15, 0.2) is 0 Å². The van der Waals surface area contributed by atoms with Crippen molar-refractivity contribution in [3.8, 4) is 0 Å². The third kappa shape index (κ3) is 2.72. The van der Waals surface area contributed by atoms with Crippen molar-refractivity contribution in [2.24, 2.45) is 0 Å². The zero-order valence-electron chi connectivity index (χ0n) is 7.77. The second kappa shape index (κ2) is 4.25. The lowest BCUT2D eigenvalue weighted by molar-refractivity contribution is 0.0553. The van der Waals surface area contributed by atoms with Crippen LogP contribution in [0.25, 0.3) is 6.08 Å². The molecule has 0 unspecified atom stereocenters. The van der Waals surface area contributed by atoms with Crippen LogP contribution < -0.4 is 0 Å². The second-order valence-electron chi connectivity index (χ2n) is 3.09. The van der Waals surface area contributed by atoms with Crippen molar-refractivity contribution < 1.29 is 14.6 Å². The van der Waals surface area contributed by atoms with Gasteiger partial charge >= 0.3 is 0 Å². The van der Waals surface area contributed by atoms with Crippen LogP contribution in [0.3, 0.4) is 0 Å². The fourth-order valence-corrected chi connectivity index (χ4v) is 1.06. The highest BCUT2D eigenvalue weighted by molar-refractivity contribution is 5.47. The van der Waals surface area contributed by atoms with E-state index in [1.54, 1.807) is 38.3 Å². The van der Waals surface area contributed by atoms with Crippen LogP contribution in [0.5, 0.6) is 0 Å². The Kier molecular flexibility index (Phi) is 3.28. The Morgan fingerprint density at radius 1 is 1.54 bits per heavy atom. The van der Waals surface area contributed by atoms with Gasteiger partial charge in [0.05, 0.1) is 12.4 Å². The Balaban J connectivity index is 2.72. The summed E-state index contributed by atoms with van der Waals surface area (Å²) < 4.78 is 5.06. The first-order valence-electron chi connectivity index (χ1n) is 4.19. The smallest absolute Gasteiger partial charge is 0.126 e. The number of aliphatic hydroxyl groups excluding tert-OH is 2. The lowest BCUT2D eigenvalue weighted by atomic mass is 10.1. The van der Waals surface area contributed by atoms with E-state index in [-0.39, 0.29) is 0 Å². The highest BCUT2D eigenvalue weighted by atomic mass is 16.3. The van der Waals surface area contributed by atoms with Crippen molar-refractivity contribution in [3.63, 3.8) is 0 Å². The third-order valence-corrected chi connectivity index (χ3v) is 1.84. The van der Waals surface area contributed by atoms with Crippen molar-refractivity contribution >= 4 is 6.08 Å². The molecule has 1 aromatic heterocycles. The summed E-state index contributed by atoms with van der Waals surface area (Å²) in [6.45, 7) is 3.30. The largest absolute Gasteiger partial charge is 0.465 e. The van der Waals surface area contributed by atoms with Crippen molar-refractivity contribution in [3.05, 3.63) is 29.7 Å². The second-order valence-corrected chi connectivity index (χ2v) is 3.09. The molecule has 0 aliphatic rings. The molecule has 2 N–H and O–H groups in total. The van der Waals surface area contributed by atoms with Gasteiger partial charge in [-0.25, -0.2) is 0 Å². The maximum Gasteiger partial charge on any atom is 0.126 e. The average Bonchev–Trinajstić information content (AvgIpc) is 2.55. The van der Waals surface area contributed by atoms with Crippen molar-refractivity contribution in [2.45, 2.75) is 26.1 Å². The van der Waals surface area contributed by atoms with E-state index in [4.69, 9.17) is 9.52 Å². The molecule has 1 heterocycles. The lowest BCUT2D eigenvalue weighted by Gasteiger charge is -2.13. The minimum absolute atomic E-state index is 0.678. The molecular weight excluding hydrogens is 168 g/mol. The van der Waals surface area contributed by atoms with Gasteiger partial charge in [-0.1, -0.05) is 0 Å². The van der Waals surface area contributed by atoms with E-state index < -0.39 is 12.2 Å². The molecule has 72 valence electrons. The van der Waals surface area contributed by atoms with Gasteiger partial charge < -0.3 is 14.6 Å². The van der Waals surface area contributed by atoms with Gasteiger partial charge in [0.1, 0.15) is 11.9 Å². The van der Waals surface area contributed by atoms with Gasteiger partial charge in [-0.05, 0) is 37.6 Å². The van der Waals surface area contributed by atoms with Crippen LogP contribution in [0.1, 0.15) is 19.6 Å². The molecule has 0 aromatic carbocycles. The molecular formula is C10H14O3. The van der Waals surface area contributed by atoms with E-state index in [1.807, 2.05) is 0 Å². The molecule has 0 aliphatic carbocycles. The van der Waals surface area contributed by atoms with Crippen LogP contribution in [0.4, 0.5) is 0 Å². The molecule has 3 nitrogen and oxygen atoms in total. The Hall–Kier alpha value is -1.06. The fourth-order valence-electron chi connectivity index (χ4n) is 1.06. The number of hydrogen-bond acceptors (Lipinski definition) is 3. The first kappa shape index (κ1) is 10.0. The number of furan rings is 1. The van der Waals surface area contributed by atoms with Crippen LogP contribution in [-0.4, -0.2) is 22.4 Å². The summed E-state index contributed by atoms with van der Waals surface area (Å²) in [5, 5.41) is 18.5. The summed E-state index contributed by atoms with van der Waals surface area (Å²) in [4.78, 5) is 0. The summed E-state index contributed by atoms with van der Waals surface area (Å²) in [5.74, 6) is 0.678. The SMILES string of the molecule is CC(=Cc1ccco1)[C@@H](O)[C@H](C)O. The van der Waals surface area contributed by atoms with Crippen LogP contribution >= 0.6 is 0 Å². The molecule has 0 radical (unpaired) electrons. The fraction of sp³-hybridized carbons (Fsp3) is 0.400. The lowest BCUT2D eigenvalue weighted by Crippen LogP contribution is -2.23. The van der Waals surface area contributed by atoms with E-state index in [0.717, 1.165) is 0 Å². The van der Waals surface area contributed by atoms with E-state index in [1.165, 1.54) is 0 Å². The zero-order valence-corrected chi connectivity index (χ0v) is 7.77. The maximum atomic E-state index is 9.43. The average molecular weight is 182 g/mol. The summed E-state index contributed by atoms with van der Waals surface area (Å²) in [6.07, 6.45) is 1.68. The summed E-state index contributed by atoms with van der Waals surface area (Å²) in [5.41, 5.74) is 0.685. The zero-order chi connectivity index (χ0) is 9.84. The Morgan fingerprint density at radius 3 is 2.69 bits per heavy atom. The highest BCUT2D eigenvalue weighted by Crippen LogP contribution is 2.12. The molecule has 13 heavy (non-hydrogen) atoms. The molecule has 0 spiro atoms. The predicted molar refractivity (Wildman–Crippen MR) is 50.0 cm³/mol. The molecule has 0 bridgehead atoms. The molecule has 0 amide bonds. The number of rotatable bonds is 3. The molecule has 3 heteroatoms. The normalized spacial score (nSPS) is 17.1. The molecule has 2 atom stereocenters. The van der Waals surface area contributed by atoms with Crippen LogP contribution in [0.15, 0.2) is 28.4 Å². The molecule has 0 saturated heterocycles. The van der Waals surface area contributed by atoms with Gasteiger partial charge in [-0.3, -0.25) is 0 Å². The van der Waals surface area contributed by atoms with E-state index in [2.05, 4.69) is 0 Å². The minimum Gasteiger partial charge on any atom is -0.465 e. The number of aliphatic hydroxyl groups is 2. The Morgan fingerprint density at radius 2 is 2.23 bits per heavy atom. The Bertz CT molecular complexity index is 272. The topological polar surface area (TPSA) is 53.6 Å². The van der Waals surface area contributed by atoms with Gasteiger partial charge in [0.2, 0.25) is 0 Å². The van der Waals surface area contributed by atoms with Gasteiger partial charge in [0.25, 0.3) is 0 Å². The standard InChI is InChI=1S/C10H14O3/c1-7(10(12)8(2)11)6-9-4-3-5-13-9/h3-6,8,10-12H,1-2H3/t8-,10+/m0/s1. The highest BCUT2D eigenvalue weighted by Gasteiger charge is 2.12. The van der Waals surface area contributed by atoms with Gasteiger partial charge in [0, 0.05) is 0 Å². The molecule has 1 aromatic rings. The first-order valence-corrected chi connectivity index (χ1v) is 4.19. The van der Waals surface area contributed by atoms with E-state index >= 15 is 0 Å². The quantitative estimate of drug-likeness (QED) is 0.743. The third-order valence-electron chi connectivity index (χ3n) is 1.84. The van der Waals surface area contributed by atoms with E-state index in [0.29, 0.717) is 11.3 Å². The van der Waals surface area contributed by atoms with E-state index in [9.17, 15) is 5.11 Å². The molecule has 1 rings (SSSR count). The summed E-state index contributed by atoms with van der Waals surface area (Å²) in [7, 11) is 0. The summed E-state index contributed by atoms with van der Waals surface area (Å²) in [6, 6.07) is 3.56. The maximum absolute atomic E-state index is 9.43. The van der Waals surface area contributed by atoms with Crippen molar-refractivity contribution in [1.82, 2.24) is 0 Å². The first-order chi connectivity index (χ1) is 6.11. The minimum atomic E-state index is -0.829. The molecule has 0 saturated carbocycles. The predicted octanol–water partition coefficient (Wildman–Crippen LogP) is 1.42. The van der Waals surface area contributed by atoms with Crippen LogP contribution in [0, 0.1) is 0 Å². The van der Waals surface area contributed by atoms with Crippen LogP contribution in [0.2, 0.25) is 0 Å². The monoisotopic (exact) mass is 182 g/mol. The van der Waals surface area contributed by atoms with Crippen LogP contribution in [-0.2, 0) is 0 Å². The molecule has 0 fully saturated rings. The summed E-state index contributed by atoms with van der Waals surface area (Å²) >= 11 is 0. The van der Waals surface area contributed by atoms with Gasteiger partial charge in [-0.15, -0.1) is 0 Å². The Labute approximate surface area is 77.3 Å². The van der Waals surface area contributed by atoms with Crippen molar-refractivity contribution in [1.29, 1.82) is 0 Å². The molecule has 0 aliphatic heterocycles. The number of hydrogen-bond donors (Lipinski definition) is 2.